The van der Waals surface area contributed by atoms with Gasteiger partial charge in [0.15, 0.2) is 0 Å². The maximum Gasteiger partial charge on any atom is 0.119 e. The number of halogens is 4. The van der Waals surface area contributed by atoms with Crippen molar-refractivity contribution in [3.63, 3.8) is 0 Å². The highest BCUT2D eigenvalue weighted by molar-refractivity contribution is 6.30. The lowest BCUT2D eigenvalue weighted by Crippen LogP contribution is -2.46. The van der Waals surface area contributed by atoms with Gasteiger partial charge in [-0.1, -0.05) is 17.7 Å². The standard InChI is InChI=1S/C22H27ClN2O.3ClH/c23-20-6-8-21(9-7-20)25-14-12-24(13-15-25)11-2-16-26-22-10-5-18-3-1-4-19(18)17-22;;;/h5-10,17H,1-4,11-16H2;3*1H. The second-order valence-electron chi connectivity index (χ2n) is 7.29. The number of hydrogen-bond donors (Lipinski definition) is 0. The van der Waals surface area contributed by atoms with Crippen molar-refractivity contribution in [2.45, 2.75) is 25.7 Å². The van der Waals surface area contributed by atoms with Crippen molar-refractivity contribution in [2.24, 2.45) is 0 Å². The van der Waals surface area contributed by atoms with Gasteiger partial charge in [-0.3, -0.25) is 4.90 Å². The number of benzene rings is 2. The fourth-order valence-corrected chi connectivity index (χ4v) is 4.12. The Morgan fingerprint density at radius 3 is 2.24 bits per heavy atom. The van der Waals surface area contributed by atoms with Crippen LogP contribution in [0.5, 0.6) is 5.75 Å². The van der Waals surface area contributed by atoms with Crippen LogP contribution in [0.3, 0.4) is 0 Å². The molecule has 3 nitrogen and oxygen atoms in total. The third kappa shape index (κ3) is 7.11. The molecule has 1 saturated heterocycles. The summed E-state index contributed by atoms with van der Waals surface area (Å²) >= 11 is 5.98. The second-order valence-corrected chi connectivity index (χ2v) is 7.73. The molecule has 0 unspecified atom stereocenters. The molecule has 1 aliphatic heterocycles. The fourth-order valence-electron chi connectivity index (χ4n) is 4.00. The Hall–Kier alpha value is -0.840. The summed E-state index contributed by atoms with van der Waals surface area (Å²) in [5.41, 5.74) is 4.27. The van der Waals surface area contributed by atoms with E-state index in [2.05, 4.69) is 40.1 Å². The van der Waals surface area contributed by atoms with Gasteiger partial charge >= 0.3 is 0 Å². The zero-order valence-corrected chi connectivity index (χ0v) is 19.7. The van der Waals surface area contributed by atoms with E-state index in [-0.39, 0.29) is 37.2 Å². The number of ether oxygens (including phenoxy) is 1. The van der Waals surface area contributed by atoms with Crippen molar-refractivity contribution in [2.75, 3.05) is 44.2 Å². The molecule has 0 atom stereocenters. The van der Waals surface area contributed by atoms with Gasteiger partial charge < -0.3 is 9.64 Å². The third-order valence-electron chi connectivity index (χ3n) is 5.52. The van der Waals surface area contributed by atoms with E-state index in [4.69, 9.17) is 16.3 Å². The van der Waals surface area contributed by atoms with Gasteiger partial charge in [0.1, 0.15) is 5.75 Å². The Balaban J connectivity index is 0.00000140. The van der Waals surface area contributed by atoms with Gasteiger partial charge in [0.05, 0.1) is 6.61 Å². The lowest BCUT2D eigenvalue weighted by atomic mass is 10.1. The first-order valence-electron chi connectivity index (χ1n) is 9.75. The molecular formula is C22H30Cl4N2O. The molecule has 0 radical (unpaired) electrons. The van der Waals surface area contributed by atoms with E-state index in [1.807, 2.05) is 12.1 Å². The Morgan fingerprint density at radius 2 is 1.52 bits per heavy atom. The quantitative estimate of drug-likeness (QED) is 0.495. The Kier molecular flexibility index (Phi) is 11.5. The molecule has 162 valence electrons. The molecule has 0 N–H and O–H groups in total. The lowest BCUT2D eigenvalue weighted by Gasteiger charge is -2.36. The van der Waals surface area contributed by atoms with Crippen LogP contribution in [0.15, 0.2) is 42.5 Å². The van der Waals surface area contributed by atoms with Crippen LogP contribution in [0, 0.1) is 0 Å². The van der Waals surface area contributed by atoms with Crippen LogP contribution in [-0.4, -0.2) is 44.2 Å². The number of hydrogen-bond acceptors (Lipinski definition) is 3. The molecule has 4 rings (SSSR count). The molecule has 1 fully saturated rings. The van der Waals surface area contributed by atoms with Crippen LogP contribution in [0.4, 0.5) is 5.69 Å². The average molecular weight is 480 g/mol. The normalized spacial score (nSPS) is 15.6. The molecule has 0 spiro atoms. The molecule has 0 aromatic heterocycles. The van der Waals surface area contributed by atoms with Crippen molar-refractivity contribution in [3.05, 3.63) is 58.6 Å². The number of piperazine rings is 1. The van der Waals surface area contributed by atoms with Crippen LogP contribution in [0.25, 0.3) is 0 Å². The summed E-state index contributed by atoms with van der Waals surface area (Å²) < 4.78 is 5.97. The molecule has 0 amide bonds. The van der Waals surface area contributed by atoms with Crippen molar-refractivity contribution >= 4 is 54.5 Å². The smallest absolute Gasteiger partial charge is 0.119 e. The number of anilines is 1. The number of aryl methyl sites for hydroxylation is 2. The maximum atomic E-state index is 5.98. The molecule has 0 saturated carbocycles. The highest BCUT2D eigenvalue weighted by Crippen LogP contribution is 2.26. The molecule has 1 heterocycles. The van der Waals surface area contributed by atoms with Crippen LogP contribution in [0.2, 0.25) is 5.02 Å². The predicted octanol–water partition coefficient (Wildman–Crippen LogP) is 5.69. The van der Waals surface area contributed by atoms with Crippen molar-refractivity contribution in [1.29, 1.82) is 0 Å². The minimum Gasteiger partial charge on any atom is -0.494 e. The van der Waals surface area contributed by atoms with E-state index in [9.17, 15) is 0 Å². The Morgan fingerprint density at radius 1 is 0.828 bits per heavy atom. The number of fused-ring (bicyclic) bond motifs is 1. The zero-order valence-electron chi connectivity index (χ0n) is 16.5. The molecule has 2 aliphatic rings. The number of nitrogens with zero attached hydrogens (tertiary/aromatic N) is 2. The first kappa shape index (κ1) is 26.2. The summed E-state index contributed by atoms with van der Waals surface area (Å²) in [5.74, 6) is 1.04. The van der Waals surface area contributed by atoms with Gasteiger partial charge in [-0.25, -0.2) is 0 Å². The molecular weight excluding hydrogens is 450 g/mol. The minimum absolute atomic E-state index is 0. The highest BCUT2D eigenvalue weighted by atomic mass is 35.5. The van der Waals surface area contributed by atoms with E-state index in [0.717, 1.165) is 56.5 Å². The topological polar surface area (TPSA) is 15.7 Å². The van der Waals surface area contributed by atoms with Gasteiger partial charge in [0, 0.05) is 43.4 Å². The number of rotatable bonds is 6. The highest BCUT2D eigenvalue weighted by Gasteiger charge is 2.17. The van der Waals surface area contributed by atoms with Gasteiger partial charge in [0.25, 0.3) is 0 Å². The summed E-state index contributed by atoms with van der Waals surface area (Å²) in [7, 11) is 0. The first-order valence-corrected chi connectivity index (χ1v) is 10.1. The lowest BCUT2D eigenvalue weighted by molar-refractivity contribution is 0.224. The summed E-state index contributed by atoms with van der Waals surface area (Å²) in [6.45, 7) is 6.29. The zero-order chi connectivity index (χ0) is 17.8. The summed E-state index contributed by atoms with van der Waals surface area (Å²) in [6.07, 6.45) is 4.82. The van der Waals surface area contributed by atoms with Crippen LogP contribution < -0.4 is 9.64 Å². The molecule has 0 bridgehead atoms. The predicted molar refractivity (Wildman–Crippen MR) is 130 cm³/mol. The average Bonchev–Trinajstić information content (AvgIpc) is 3.14. The fraction of sp³-hybridized carbons (Fsp3) is 0.455. The van der Waals surface area contributed by atoms with Crippen molar-refractivity contribution in [3.8, 4) is 5.75 Å². The summed E-state index contributed by atoms with van der Waals surface area (Å²) in [6, 6.07) is 14.8. The minimum atomic E-state index is 0. The van der Waals surface area contributed by atoms with Gasteiger partial charge in [-0.15, -0.1) is 37.2 Å². The van der Waals surface area contributed by atoms with Gasteiger partial charge in [-0.05, 0) is 73.2 Å². The van der Waals surface area contributed by atoms with Crippen molar-refractivity contribution in [1.82, 2.24) is 4.90 Å². The monoisotopic (exact) mass is 478 g/mol. The molecule has 29 heavy (non-hydrogen) atoms. The van der Waals surface area contributed by atoms with Crippen molar-refractivity contribution < 1.29 is 4.74 Å². The van der Waals surface area contributed by atoms with Crippen LogP contribution in [0.1, 0.15) is 24.0 Å². The Labute approximate surface area is 198 Å². The first-order chi connectivity index (χ1) is 12.8. The van der Waals surface area contributed by atoms with E-state index in [0.29, 0.717) is 0 Å². The summed E-state index contributed by atoms with van der Waals surface area (Å²) in [4.78, 5) is 4.98. The molecule has 2 aromatic carbocycles. The van der Waals surface area contributed by atoms with E-state index >= 15 is 0 Å². The summed E-state index contributed by atoms with van der Waals surface area (Å²) in [5, 5.41) is 0.802. The largest absolute Gasteiger partial charge is 0.494 e. The molecule has 7 heteroatoms. The maximum absolute atomic E-state index is 5.98. The van der Waals surface area contributed by atoms with E-state index in [1.165, 1.54) is 36.1 Å². The Bertz CT molecular complexity index is 734. The van der Waals surface area contributed by atoms with E-state index in [1.54, 1.807) is 0 Å². The SMILES string of the molecule is Cl.Cl.Cl.Clc1ccc(N2CCN(CCCOc3ccc4c(c3)CCC4)CC2)cc1. The third-order valence-corrected chi connectivity index (χ3v) is 5.77. The van der Waals surface area contributed by atoms with Crippen LogP contribution >= 0.6 is 48.8 Å². The van der Waals surface area contributed by atoms with Crippen LogP contribution in [-0.2, 0) is 12.8 Å². The van der Waals surface area contributed by atoms with E-state index < -0.39 is 0 Å². The molecule has 1 aliphatic carbocycles. The second kappa shape index (κ2) is 12.8. The van der Waals surface area contributed by atoms with Gasteiger partial charge in [0.2, 0.25) is 0 Å². The van der Waals surface area contributed by atoms with Gasteiger partial charge in [-0.2, -0.15) is 0 Å². The molecule has 2 aromatic rings.